The number of urea groups is 1. The first-order valence-corrected chi connectivity index (χ1v) is 11.6. The number of nitrogens with two attached hydrogens (primary N) is 1. The van der Waals surface area contributed by atoms with Crippen LogP contribution in [-0.2, 0) is 4.74 Å². The third-order valence-electron chi connectivity index (χ3n) is 6.25. The Morgan fingerprint density at radius 2 is 2.08 bits per heavy atom. The maximum absolute atomic E-state index is 15.1. The minimum absolute atomic E-state index is 0.0369. The summed E-state index contributed by atoms with van der Waals surface area (Å²) in [4.78, 5) is 23.0. The molecule has 0 bridgehead atoms. The van der Waals surface area contributed by atoms with E-state index in [1.165, 1.54) is 25.6 Å². The average Bonchev–Trinajstić information content (AvgIpc) is 3.25. The van der Waals surface area contributed by atoms with Crippen LogP contribution in [0, 0.1) is 5.82 Å². The number of aromatic nitrogens is 1. The topological polar surface area (TPSA) is 130 Å². The van der Waals surface area contributed by atoms with Gasteiger partial charge in [0.1, 0.15) is 29.9 Å². The molecule has 1 aromatic heterocycles. The molecule has 0 radical (unpaired) electrons. The Bertz CT molecular complexity index is 1230. The molecule has 1 saturated heterocycles. The molecule has 0 spiro atoms. The summed E-state index contributed by atoms with van der Waals surface area (Å²) in [6.45, 7) is 3.72. The number of morpholine rings is 1. The zero-order chi connectivity index (χ0) is 25.1. The summed E-state index contributed by atoms with van der Waals surface area (Å²) in [6.07, 6.45) is 3.50. The number of anilines is 2. The van der Waals surface area contributed by atoms with Gasteiger partial charge in [-0.1, -0.05) is 18.2 Å². The molecule has 11 nitrogen and oxygen atoms in total. The van der Waals surface area contributed by atoms with Gasteiger partial charge in [0, 0.05) is 37.3 Å². The van der Waals surface area contributed by atoms with Gasteiger partial charge < -0.3 is 20.5 Å². The molecule has 1 fully saturated rings. The molecule has 0 saturated carbocycles. The van der Waals surface area contributed by atoms with Crippen LogP contribution < -0.4 is 21.1 Å². The number of carbonyl (C=O) groups excluding carboxylic acids is 1. The minimum atomic E-state index is -0.625. The molecule has 5 rings (SSSR count). The van der Waals surface area contributed by atoms with Crippen LogP contribution in [0.4, 0.5) is 20.7 Å². The van der Waals surface area contributed by atoms with Crippen molar-refractivity contribution in [3.05, 3.63) is 59.6 Å². The van der Waals surface area contributed by atoms with E-state index in [4.69, 9.17) is 15.2 Å². The number of amides is 2. The number of hydrazone groups is 1. The predicted octanol–water partition coefficient (Wildman–Crippen LogP) is 2.17. The number of pyridine rings is 1. The first-order valence-electron chi connectivity index (χ1n) is 11.6. The minimum Gasteiger partial charge on any atom is -0.481 e. The van der Waals surface area contributed by atoms with Crippen LogP contribution in [0.25, 0.3) is 0 Å². The van der Waals surface area contributed by atoms with Gasteiger partial charge in [-0.25, -0.2) is 14.2 Å². The zero-order valence-corrected chi connectivity index (χ0v) is 19.7. The highest BCUT2D eigenvalue weighted by atomic mass is 19.1. The molecule has 2 aromatic rings. The molecular weight excluding hydrogens is 467 g/mol. The van der Waals surface area contributed by atoms with Crippen LogP contribution in [0.2, 0.25) is 0 Å². The molecule has 36 heavy (non-hydrogen) atoms. The van der Waals surface area contributed by atoms with Crippen molar-refractivity contribution in [2.75, 3.05) is 50.6 Å². The fourth-order valence-corrected chi connectivity index (χ4v) is 4.49. The van der Waals surface area contributed by atoms with Crippen molar-refractivity contribution >= 4 is 29.7 Å². The number of fused-ring (bicyclic) bond motifs is 1. The Balaban J connectivity index is 1.32. The van der Waals surface area contributed by atoms with Crippen LogP contribution >= 0.6 is 0 Å². The summed E-state index contributed by atoms with van der Waals surface area (Å²) in [7, 11) is 1.48. The third-order valence-corrected chi connectivity index (χ3v) is 6.25. The lowest BCUT2D eigenvalue weighted by Crippen LogP contribution is -2.45. The highest BCUT2D eigenvalue weighted by Crippen LogP contribution is 2.37. The fourth-order valence-electron chi connectivity index (χ4n) is 4.49. The number of rotatable bonds is 6. The standard InChI is InChI=1S/C24H27FN8O3/c1-35-21-4-2-3-20(30-21)31-24(34)29-19-6-5-15(11-18(19)25)17-12-16(13-32-7-9-36-10-8-32)33-22(17)23(26)27-14-28-33/h2-6,11-12,14,17,22H,7-10,13H2,1H3,(H2,26,27,28)(H2,29,30,31,34). The van der Waals surface area contributed by atoms with E-state index in [-0.39, 0.29) is 23.5 Å². The number of nitrogens with one attached hydrogen (secondary N) is 2. The number of hydrogen-bond donors (Lipinski definition) is 3. The number of aliphatic imine (C=N–C) groups is 1. The van der Waals surface area contributed by atoms with Gasteiger partial charge in [0.15, 0.2) is 0 Å². The predicted molar refractivity (Wildman–Crippen MR) is 134 cm³/mol. The lowest BCUT2D eigenvalue weighted by Gasteiger charge is -2.32. The Morgan fingerprint density at radius 1 is 1.25 bits per heavy atom. The fraction of sp³-hybridized carbons (Fsp3) is 0.333. The summed E-state index contributed by atoms with van der Waals surface area (Å²) in [5.41, 5.74) is 7.97. The second-order valence-electron chi connectivity index (χ2n) is 8.53. The van der Waals surface area contributed by atoms with E-state index in [2.05, 4.69) is 36.7 Å². The van der Waals surface area contributed by atoms with Crippen LogP contribution in [0.5, 0.6) is 5.88 Å². The Morgan fingerprint density at radius 3 is 2.86 bits per heavy atom. The lowest BCUT2D eigenvalue weighted by atomic mass is 9.92. The zero-order valence-electron chi connectivity index (χ0n) is 19.7. The Labute approximate surface area is 207 Å². The molecule has 12 heteroatoms. The quantitative estimate of drug-likeness (QED) is 0.561. The summed E-state index contributed by atoms with van der Waals surface area (Å²) in [5.74, 6) is 0.222. The highest BCUT2D eigenvalue weighted by molar-refractivity contribution is 5.99. The summed E-state index contributed by atoms with van der Waals surface area (Å²) < 4.78 is 25.6. The average molecular weight is 495 g/mol. The second-order valence-corrected chi connectivity index (χ2v) is 8.53. The number of ether oxygens (including phenoxy) is 2. The van der Waals surface area contributed by atoms with Gasteiger partial charge >= 0.3 is 6.03 Å². The van der Waals surface area contributed by atoms with Crippen LogP contribution in [0.3, 0.4) is 0 Å². The van der Waals surface area contributed by atoms with Gasteiger partial charge in [-0.15, -0.1) is 0 Å². The van der Waals surface area contributed by atoms with Gasteiger partial charge in [-0.05, 0) is 23.8 Å². The number of benzene rings is 1. The Kier molecular flexibility index (Phi) is 6.78. The first-order chi connectivity index (χ1) is 17.5. The largest absolute Gasteiger partial charge is 0.481 e. The van der Waals surface area contributed by atoms with Crippen LogP contribution in [0.15, 0.2) is 58.3 Å². The molecule has 1 aromatic carbocycles. The smallest absolute Gasteiger partial charge is 0.324 e. The molecular formula is C24H27FN8O3. The van der Waals surface area contributed by atoms with Crippen molar-refractivity contribution in [2.45, 2.75) is 12.0 Å². The summed E-state index contributed by atoms with van der Waals surface area (Å²) >= 11 is 0. The Hall–Kier alpha value is -4.03. The summed E-state index contributed by atoms with van der Waals surface area (Å²) in [5, 5.41) is 11.4. The van der Waals surface area contributed by atoms with E-state index in [0.717, 1.165) is 18.8 Å². The van der Waals surface area contributed by atoms with Crippen LogP contribution in [-0.4, -0.2) is 79.1 Å². The van der Waals surface area contributed by atoms with Crippen molar-refractivity contribution in [1.82, 2.24) is 14.9 Å². The molecule has 0 aliphatic carbocycles. The van der Waals surface area contributed by atoms with Crippen molar-refractivity contribution in [3.63, 3.8) is 0 Å². The first kappa shape index (κ1) is 23.7. The SMILES string of the molecule is COc1cccc(NC(=O)Nc2ccc(C3C=C(CN4CCOCC4)N4N=CN=C(N)C34)cc2F)n1. The van der Waals surface area contributed by atoms with E-state index in [0.29, 0.717) is 37.0 Å². The third kappa shape index (κ3) is 4.99. The number of halogens is 1. The van der Waals surface area contributed by atoms with E-state index in [1.807, 2.05) is 5.01 Å². The van der Waals surface area contributed by atoms with E-state index >= 15 is 4.39 Å². The maximum atomic E-state index is 15.1. The van der Waals surface area contributed by atoms with E-state index < -0.39 is 11.8 Å². The number of nitrogens with zero attached hydrogens (tertiary/aromatic N) is 5. The molecule has 4 heterocycles. The summed E-state index contributed by atoms with van der Waals surface area (Å²) in [6, 6.07) is 8.68. The molecule has 2 amide bonds. The van der Waals surface area contributed by atoms with Gasteiger partial charge in [0.25, 0.3) is 0 Å². The normalized spacial score (nSPS) is 21.4. The van der Waals surface area contributed by atoms with E-state index in [9.17, 15) is 4.79 Å². The van der Waals surface area contributed by atoms with E-state index in [1.54, 1.807) is 24.3 Å². The maximum Gasteiger partial charge on any atom is 0.324 e. The van der Waals surface area contributed by atoms with Gasteiger partial charge in [0.2, 0.25) is 5.88 Å². The number of methoxy groups -OCH3 is 1. The number of amidine groups is 1. The number of carbonyl (C=O) groups is 1. The molecule has 2 unspecified atom stereocenters. The van der Waals surface area contributed by atoms with Crippen molar-refractivity contribution in [3.8, 4) is 5.88 Å². The number of hydrogen-bond acceptors (Lipinski definition) is 9. The van der Waals surface area contributed by atoms with Crippen molar-refractivity contribution in [1.29, 1.82) is 0 Å². The highest BCUT2D eigenvalue weighted by Gasteiger charge is 2.40. The molecule has 2 atom stereocenters. The second kappa shape index (κ2) is 10.3. The van der Waals surface area contributed by atoms with Gasteiger partial charge in [-0.3, -0.25) is 15.2 Å². The monoisotopic (exact) mass is 494 g/mol. The molecule has 188 valence electrons. The van der Waals surface area contributed by atoms with Gasteiger partial charge in [0.05, 0.1) is 26.0 Å². The van der Waals surface area contributed by atoms with Crippen LogP contribution in [0.1, 0.15) is 11.5 Å². The molecule has 3 aliphatic rings. The van der Waals surface area contributed by atoms with Crippen molar-refractivity contribution < 1.29 is 18.7 Å². The van der Waals surface area contributed by atoms with Crippen molar-refractivity contribution in [2.24, 2.45) is 15.8 Å². The molecule has 4 N–H and O–H groups in total. The van der Waals surface area contributed by atoms with Gasteiger partial charge in [-0.2, -0.15) is 10.1 Å². The lowest BCUT2D eigenvalue weighted by molar-refractivity contribution is 0.0393. The molecule has 3 aliphatic heterocycles.